The standard InChI is InChI=1S/C21H24ClN3O4S/c1-2-15-7-3-4-8-18(15)24-20(26)14-23-21(27)16-9-10-17(22)19(13-16)30(28,29)25-11-5-6-12-25/h3-4,7-10,13H,2,5-6,11-12,14H2,1H3,(H,23,27)(H,24,26). The van der Waals surface area contributed by atoms with Crippen LogP contribution in [0.25, 0.3) is 0 Å². The Bertz CT molecular complexity index is 1050. The highest BCUT2D eigenvalue weighted by Crippen LogP contribution is 2.28. The van der Waals surface area contributed by atoms with Crippen molar-refractivity contribution in [2.75, 3.05) is 25.0 Å². The van der Waals surface area contributed by atoms with Crippen LogP contribution in [0.15, 0.2) is 47.4 Å². The van der Waals surface area contributed by atoms with E-state index in [0.29, 0.717) is 18.8 Å². The van der Waals surface area contributed by atoms with Crippen molar-refractivity contribution in [1.29, 1.82) is 0 Å². The Morgan fingerprint density at radius 3 is 2.50 bits per heavy atom. The van der Waals surface area contributed by atoms with Crippen LogP contribution in [0.4, 0.5) is 5.69 Å². The minimum atomic E-state index is -3.76. The van der Waals surface area contributed by atoms with Crippen molar-refractivity contribution >= 4 is 39.1 Å². The zero-order valence-electron chi connectivity index (χ0n) is 16.7. The second kappa shape index (κ2) is 9.59. The number of anilines is 1. The zero-order valence-corrected chi connectivity index (χ0v) is 18.2. The number of nitrogens with one attached hydrogen (secondary N) is 2. The lowest BCUT2D eigenvalue weighted by Crippen LogP contribution is -2.33. The first-order valence-electron chi connectivity index (χ1n) is 9.78. The van der Waals surface area contributed by atoms with Crippen LogP contribution in [0, 0.1) is 0 Å². The average molecular weight is 450 g/mol. The Labute approximate surface area is 181 Å². The zero-order chi connectivity index (χ0) is 21.7. The lowest BCUT2D eigenvalue weighted by Gasteiger charge is -2.17. The molecule has 0 spiro atoms. The third-order valence-corrected chi connectivity index (χ3v) is 7.34. The maximum atomic E-state index is 12.8. The van der Waals surface area contributed by atoms with E-state index in [1.165, 1.54) is 22.5 Å². The number of amides is 2. The van der Waals surface area contributed by atoms with Crippen molar-refractivity contribution in [1.82, 2.24) is 9.62 Å². The van der Waals surface area contributed by atoms with Gasteiger partial charge >= 0.3 is 0 Å². The number of rotatable bonds is 7. The van der Waals surface area contributed by atoms with Crippen molar-refractivity contribution in [2.45, 2.75) is 31.1 Å². The van der Waals surface area contributed by atoms with Crippen molar-refractivity contribution in [3.63, 3.8) is 0 Å². The first kappa shape index (κ1) is 22.3. The minimum Gasteiger partial charge on any atom is -0.343 e. The van der Waals surface area contributed by atoms with Gasteiger partial charge in [0, 0.05) is 24.3 Å². The van der Waals surface area contributed by atoms with Gasteiger partial charge in [0.2, 0.25) is 15.9 Å². The van der Waals surface area contributed by atoms with Crippen molar-refractivity contribution in [2.24, 2.45) is 0 Å². The van der Waals surface area contributed by atoms with Crippen LogP contribution in [0.1, 0.15) is 35.7 Å². The molecular weight excluding hydrogens is 426 g/mol. The molecule has 7 nitrogen and oxygen atoms in total. The predicted molar refractivity (Wildman–Crippen MR) is 116 cm³/mol. The van der Waals surface area contributed by atoms with Crippen LogP contribution in [0.3, 0.4) is 0 Å². The number of benzene rings is 2. The molecule has 0 atom stereocenters. The van der Waals surface area contributed by atoms with Gasteiger partial charge in [0.25, 0.3) is 5.91 Å². The Balaban J connectivity index is 1.68. The maximum Gasteiger partial charge on any atom is 0.251 e. The van der Waals surface area contributed by atoms with Gasteiger partial charge in [-0.25, -0.2) is 8.42 Å². The topological polar surface area (TPSA) is 95.6 Å². The largest absolute Gasteiger partial charge is 0.343 e. The van der Waals surface area contributed by atoms with Gasteiger partial charge < -0.3 is 10.6 Å². The number of nitrogens with zero attached hydrogens (tertiary/aromatic N) is 1. The number of carbonyl (C=O) groups is 2. The molecule has 0 unspecified atom stereocenters. The number of carbonyl (C=O) groups excluding carboxylic acids is 2. The summed E-state index contributed by atoms with van der Waals surface area (Å²) in [4.78, 5) is 24.6. The maximum absolute atomic E-state index is 12.8. The number of aryl methyl sites for hydroxylation is 1. The molecule has 0 radical (unpaired) electrons. The molecule has 160 valence electrons. The van der Waals surface area contributed by atoms with Gasteiger partial charge in [-0.05, 0) is 49.1 Å². The summed E-state index contributed by atoms with van der Waals surface area (Å²) in [5, 5.41) is 5.36. The summed E-state index contributed by atoms with van der Waals surface area (Å²) in [6, 6.07) is 11.5. The Kier molecular flexibility index (Phi) is 7.12. The second-order valence-corrected chi connectivity index (χ2v) is 9.31. The number of halogens is 1. The molecular formula is C21H24ClN3O4S. The number of hydrogen-bond donors (Lipinski definition) is 2. The molecule has 1 aliphatic heterocycles. The van der Waals surface area contributed by atoms with Gasteiger partial charge in [0.05, 0.1) is 11.6 Å². The summed E-state index contributed by atoms with van der Waals surface area (Å²) in [5.41, 5.74) is 1.82. The van der Waals surface area contributed by atoms with E-state index in [-0.39, 0.29) is 27.9 Å². The van der Waals surface area contributed by atoms with E-state index in [4.69, 9.17) is 11.6 Å². The highest BCUT2D eigenvalue weighted by molar-refractivity contribution is 7.89. The molecule has 2 N–H and O–H groups in total. The summed E-state index contributed by atoms with van der Waals surface area (Å²) < 4.78 is 27.0. The third kappa shape index (κ3) is 5.00. The number of hydrogen-bond acceptors (Lipinski definition) is 4. The summed E-state index contributed by atoms with van der Waals surface area (Å²) in [5.74, 6) is -0.924. The monoisotopic (exact) mass is 449 g/mol. The first-order valence-corrected chi connectivity index (χ1v) is 11.6. The van der Waals surface area contributed by atoms with Crippen molar-refractivity contribution in [3.05, 3.63) is 58.6 Å². The van der Waals surface area contributed by atoms with Gasteiger partial charge in [-0.2, -0.15) is 4.31 Å². The summed E-state index contributed by atoms with van der Waals surface area (Å²) in [6.45, 7) is 2.62. The van der Waals surface area contributed by atoms with Crippen molar-refractivity contribution in [3.8, 4) is 0 Å². The molecule has 0 bridgehead atoms. The smallest absolute Gasteiger partial charge is 0.251 e. The number of sulfonamides is 1. The van der Waals surface area contributed by atoms with Gasteiger partial charge in [0.1, 0.15) is 4.90 Å². The van der Waals surface area contributed by atoms with E-state index in [9.17, 15) is 18.0 Å². The van der Waals surface area contributed by atoms with Crippen LogP contribution in [0.2, 0.25) is 5.02 Å². The van der Waals surface area contributed by atoms with Crippen LogP contribution in [0.5, 0.6) is 0 Å². The first-order chi connectivity index (χ1) is 14.3. The molecule has 1 aliphatic rings. The second-order valence-electron chi connectivity index (χ2n) is 7.00. The van der Waals surface area contributed by atoms with Gasteiger partial charge in [-0.1, -0.05) is 36.7 Å². The Morgan fingerprint density at radius 1 is 1.10 bits per heavy atom. The molecule has 2 aromatic carbocycles. The molecule has 2 aromatic rings. The predicted octanol–water partition coefficient (Wildman–Crippen LogP) is 3.06. The summed E-state index contributed by atoms with van der Waals surface area (Å²) in [6.07, 6.45) is 2.36. The molecule has 1 fully saturated rings. The average Bonchev–Trinajstić information content (AvgIpc) is 3.28. The number of para-hydroxylation sites is 1. The van der Waals surface area contributed by atoms with Crippen LogP contribution >= 0.6 is 11.6 Å². The molecule has 2 amide bonds. The molecule has 3 rings (SSSR count). The molecule has 0 aromatic heterocycles. The quantitative estimate of drug-likeness (QED) is 0.679. The van der Waals surface area contributed by atoms with E-state index >= 15 is 0 Å². The van der Waals surface area contributed by atoms with Crippen molar-refractivity contribution < 1.29 is 18.0 Å². The van der Waals surface area contributed by atoms with Crippen LogP contribution < -0.4 is 10.6 Å². The van der Waals surface area contributed by atoms with E-state index in [0.717, 1.165) is 24.8 Å². The van der Waals surface area contributed by atoms with Gasteiger partial charge in [-0.3, -0.25) is 9.59 Å². The van der Waals surface area contributed by atoms with E-state index in [1.807, 2.05) is 25.1 Å². The lowest BCUT2D eigenvalue weighted by atomic mass is 10.1. The van der Waals surface area contributed by atoms with E-state index in [2.05, 4.69) is 10.6 Å². The fourth-order valence-electron chi connectivity index (χ4n) is 3.32. The third-order valence-electron chi connectivity index (χ3n) is 4.96. The lowest BCUT2D eigenvalue weighted by molar-refractivity contribution is -0.115. The highest BCUT2D eigenvalue weighted by atomic mass is 35.5. The fourth-order valence-corrected chi connectivity index (χ4v) is 5.33. The van der Waals surface area contributed by atoms with Gasteiger partial charge in [0.15, 0.2) is 0 Å². The Morgan fingerprint density at radius 2 is 1.80 bits per heavy atom. The fraction of sp³-hybridized carbons (Fsp3) is 0.333. The van der Waals surface area contributed by atoms with E-state index < -0.39 is 15.9 Å². The highest BCUT2D eigenvalue weighted by Gasteiger charge is 2.29. The summed E-state index contributed by atoms with van der Waals surface area (Å²) in [7, 11) is -3.76. The Hall–Kier alpha value is -2.42. The van der Waals surface area contributed by atoms with E-state index in [1.54, 1.807) is 6.07 Å². The molecule has 1 saturated heterocycles. The SMILES string of the molecule is CCc1ccccc1NC(=O)CNC(=O)c1ccc(Cl)c(S(=O)(=O)N2CCCC2)c1. The molecule has 0 saturated carbocycles. The van der Waals surface area contributed by atoms with Crippen LogP contribution in [-0.4, -0.2) is 44.2 Å². The summed E-state index contributed by atoms with van der Waals surface area (Å²) >= 11 is 6.11. The molecule has 30 heavy (non-hydrogen) atoms. The van der Waals surface area contributed by atoms with Gasteiger partial charge in [-0.15, -0.1) is 0 Å². The molecule has 9 heteroatoms. The minimum absolute atomic E-state index is 0.0624. The normalized spacial score (nSPS) is 14.5. The molecule has 1 heterocycles. The van der Waals surface area contributed by atoms with Crippen LogP contribution in [-0.2, 0) is 21.2 Å². The molecule has 0 aliphatic carbocycles.